The Labute approximate surface area is 143 Å². The molecule has 1 unspecified atom stereocenters. The van der Waals surface area contributed by atoms with Crippen LogP contribution in [0.2, 0.25) is 0 Å². The predicted molar refractivity (Wildman–Crippen MR) is 95.8 cm³/mol. The van der Waals surface area contributed by atoms with Gasteiger partial charge in [-0.1, -0.05) is 24.3 Å². The number of para-hydroxylation sites is 1. The SMILES string of the molecule is Cc1cccc(N2CCN(Cc3cccc4c3OCO4)CC2C)c1. The molecule has 1 fully saturated rings. The third kappa shape index (κ3) is 2.94. The molecule has 4 heteroatoms. The molecule has 2 heterocycles. The van der Waals surface area contributed by atoms with Gasteiger partial charge in [0.15, 0.2) is 11.5 Å². The number of benzene rings is 2. The van der Waals surface area contributed by atoms with Gasteiger partial charge in [0.25, 0.3) is 0 Å². The monoisotopic (exact) mass is 324 g/mol. The summed E-state index contributed by atoms with van der Waals surface area (Å²) in [6, 6.07) is 15.5. The van der Waals surface area contributed by atoms with Gasteiger partial charge in [0, 0.05) is 43.5 Å². The fraction of sp³-hybridized carbons (Fsp3) is 0.400. The van der Waals surface area contributed by atoms with Crippen molar-refractivity contribution in [2.24, 2.45) is 0 Å². The van der Waals surface area contributed by atoms with E-state index < -0.39 is 0 Å². The number of aryl methyl sites for hydroxylation is 1. The molecular weight excluding hydrogens is 300 g/mol. The first-order valence-electron chi connectivity index (χ1n) is 8.64. The zero-order chi connectivity index (χ0) is 16.5. The molecule has 0 bridgehead atoms. The maximum atomic E-state index is 5.64. The molecule has 4 nitrogen and oxygen atoms in total. The summed E-state index contributed by atoms with van der Waals surface area (Å²) in [5, 5.41) is 0. The standard InChI is InChI=1S/C20H24N2O2/c1-15-5-3-7-18(11-15)22-10-9-21(12-16(22)2)13-17-6-4-8-19-20(17)24-14-23-19/h3-8,11,16H,9-10,12-14H2,1-2H3. The summed E-state index contributed by atoms with van der Waals surface area (Å²) < 4.78 is 11.1. The first kappa shape index (κ1) is 15.3. The minimum absolute atomic E-state index is 0.337. The molecule has 0 radical (unpaired) electrons. The van der Waals surface area contributed by atoms with Crippen molar-refractivity contribution in [1.29, 1.82) is 0 Å². The van der Waals surface area contributed by atoms with Crippen molar-refractivity contribution in [3.63, 3.8) is 0 Å². The molecule has 0 spiro atoms. The molecule has 0 aromatic heterocycles. The molecule has 2 aliphatic rings. The largest absolute Gasteiger partial charge is 0.454 e. The van der Waals surface area contributed by atoms with E-state index in [1.54, 1.807) is 0 Å². The highest BCUT2D eigenvalue weighted by atomic mass is 16.7. The zero-order valence-electron chi connectivity index (χ0n) is 14.4. The first-order chi connectivity index (χ1) is 11.7. The van der Waals surface area contributed by atoms with Crippen LogP contribution in [0, 0.1) is 6.92 Å². The fourth-order valence-electron chi connectivity index (χ4n) is 3.72. The van der Waals surface area contributed by atoms with Crippen LogP contribution >= 0.6 is 0 Å². The van der Waals surface area contributed by atoms with Crippen molar-refractivity contribution < 1.29 is 9.47 Å². The summed E-state index contributed by atoms with van der Waals surface area (Å²) in [5.41, 5.74) is 3.87. The van der Waals surface area contributed by atoms with Crippen molar-refractivity contribution in [2.75, 3.05) is 31.3 Å². The van der Waals surface area contributed by atoms with E-state index in [-0.39, 0.29) is 0 Å². The van der Waals surface area contributed by atoms with Crippen molar-refractivity contribution >= 4 is 5.69 Å². The van der Waals surface area contributed by atoms with Gasteiger partial charge in [-0.2, -0.15) is 0 Å². The van der Waals surface area contributed by atoms with E-state index in [1.807, 2.05) is 6.07 Å². The maximum Gasteiger partial charge on any atom is 0.231 e. The van der Waals surface area contributed by atoms with Crippen LogP contribution in [-0.4, -0.2) is 37.4 Å². The average molecular weight is 324 g/mol. The van der Waals surface area contributed by atoms with Gasteiger partial charge < -0.3 is 14.4 Å². The average Bonchev–Trinajstić information content (AvgIpc) is 3.05. The normalized spacial score (nSPS) is 20.4. The topological polar surface area (TPSA) is 24.9 Å². The van der Waals surface area contributed by atoms with E-state index in [0.717, 1.165) is 37.7 Å². The number of piperazine rings is 1. The molecule has 1 atom stereocenters. The number of hydrogen-bond acceptors (Lipinski definition) is 4. The van der Waals surface area contributed by atoms with Crippen molar-refractivity contribution in [3.8, 4) is 11.5 Å². The van der Waals surface area contributed by atoms with Crippen LogP contribution in [0.25, 0.3) is 0 Å². The molecule has 24 heavy (non-hydrogen) atoms. The molecule has 2 aromatic rings. The number of anilines is 1. The van der Waals surface area contributed by atoms with Crippen LogP contribution in [0.4, 0.5) is 5.69 Å². The van der Waals surface area contributed by atoms with Gasteiger partial charge in [0.2, 0.25) is 6.79 Å². The Morgan fingerprint density at radius 3 is 2.79 bits per heavy atom. The Balaban J connectivity index is 1.45. The van der Waals surface area contributed by atoms with E-state index in [9.17, 15) is 0 Å². The molecule has 1 saturated heterocycles. The summed E-state index contributed by atoms with van der Waals surface area (Å²) in [4.78, 5) is 5.02. The van der Waals surface area contributed by atoms with Gasteiger partial charge in [-0.3, -0.25) is 4.90 Å². The van der Waals surface area contributed by atoms with E-state index in [4.69, 9.17) is 9.47 Å². The second-order valence-corrected chi connectivity index (χ2v) is 6.77. The minimum Gasteiger partial charge on any atom is -0.454 e. The van der Waals surface area contributed by atoms with Gasteiger partial charge in [-0.25, -0.2) is 0 Å². The third-order valence-corrected chi connectivity index (χ3v) is 4.92. The lowest BCUT2D eigenvalue weighted by molar-refractivity contribution is 0.170. The van der Waals surface area contributed by atoms with Crippen LogP contribution in [0.5, 0.6) is 11.5 Å². The zero-order valence-corrected chi connectivity index (χ0v) is 14.4. The molecule has 0 saturated carbocycles. The highest BCUT2D eigenvalue weighted by molar-refractivity contribution is 5.50. The first-order valence-corrected chi connectivity index (χ1v) is 8.64. The quantitative estimate of drug-likeness (QED) is 0.863. The Bertz CT molecular complexity index is 731. The smallest absolute Gasteiger partial charge is 0.231 e. The van der Waals surface area contributed by atoms with Crippen LogP contribution < -0.4 is 14.4 Å². The molecule has 126 valence electrons. The molecule has 2 aliphatic heterocycles. The minimum atomic E-state index is 0.337. The lowest BCUT2D eigenvalue weighted by Crippen LogP contribution is -2.51. The Kier molecular flexibility index (Phi) is 4.07. The number of fused-ring (bicyclic) bond motifs is 1. The maximum absolute atomic E-state index is 5.64. The van der Waals surface area contributed by atoms with Crippen molar-refractivity contribution in [1.82, 2.24) is 4.90 Å². The highest BCUT2D eigenvalue weighted by Gasteiger charge is 2.26. The number of hydrogen-bond donors (Lipinski definition) is 0. The summed E-state index contributed by atoms with van der Waals surface area (Å²) in [6.45, 7) is 8.88. The summed E-state index contributed by atoms with van der Waals surface area (Å²) in [7, 11) is 0. The third-order valence-electron chi connectivity index (χ3n) is 4.92. The fourth-order valence-corrected chi connectivity index (χ4v) is 3.72. The van der Waals surface area contributed by atoms with Gasteiger partial charge in [0.05, 0.1) is 0 Å². The molecule has 0 amide bonds. The molecule has 2 aromatic carbocycles. The number of rotatable bonds is 3. The van der Waals surface area contributed by atoms with Crippen molar-refractivity contribution in [3.05, 3.63) is 53.6 Å². The predicted octanol–water partition coefficient (Wildman–Crippen LogP) is 3.43. The van der Waals surface area contributed by atoms with Gasteiger partial charge in [-0.15, -0.1) is 0 Å². The molecular formula is C20H24N2O2. The van der Waals surface area contributed by atoms with E-state index in [0.29, 0.717) is 12.8 Å². The van der Waals surface area contributed by atoms with E-state index >= 15 is 0 Å². The lowest BCUT2D eigenvalue weighted by atomic mass is 10.1. The Hall–Kier alpha value is -2.20. The Morgan fingerprint density at radius 1 is 1.08 bits per heavy atom. The second-order valence-electron chi connectivity index (χ2n) is 6.77. The van der Waals surface area contributed by atoms with Crippen LogP contribution in [0.15, 0.2) is 42.5 Å². The van der Waals surface area contributed by atoms with Crippen molar-refractivity contribution in [2.45, 2.75) is 26.4 Å². The van der Waals surface area contributed by atoms with Gasteiger partial charge in [0.1, 0.15) is 0 Å². The second kappa shape index (κ2) is 6.36. The Morgan fingerprint density at radius 2 is 1.96 bits per heavy atom. The van der Waals surface area contributed by atoms with Gasteiger partial charge in [-0.05, 0) is 37.6 Å². The summed E-state index contributed by atoms with van der Waals surface area (Å²) in [5.74, 6) is 1.80. The molecule has 0 N–H and O–H groups in total. The summed E-state index contributed by atoms with van der Waals surface area (Å²) >= 11 is 0. The van der Waals surface area contributed by atoms with E-state index in [2.05, 4.69) is 60.0 Å². The van der Waals surface area contributed by atoms with Gasteiger partial charge >= 0.3 is 0 Å². The van der Waals surface area contributed by atoms with Crippen LogP contribution in [-0.2, 0) is 6.54 Å². The number of nitrogens with zero attached hydrogens (tertiary/aromatic N) is 2. The molecule has 0 aliphatic carbocycles. The van der Waals surface area contributed by atoms with E-state index in [1.165, 1.54) is 16.8 Å². The summed E-state index contributed by atoms with van der Waals surface area (Å²) in [6.07, 6.45) is 0. The van der Waals surface area contributed by atoms with Crippen LogP contribution in [0.1, 0.15) is 18.1 Å². The molecule has 4 rings (SSSR count). The van der Waals surface area contributed by atoms with Crippen LogP contribution in [0.3, 0.4) is 0 Å². The number of ether oxygens (including phenoxy) is 2. The highest BCUT2D eigenvalue weighted by Crippen LogP contribution is 2.36. The lowest BCUT2D eigenvalue weighted by Gasteiger charge is -2.41.